The molecular formula is C38H32F6O8S6. The zero-order valence-electron chi connectivity index (χ0n) is 30.5. The summed E-state index contributed by atoms with van der Waals surface area (Å²) in [6.45, 7) is 3.50. The molecule has 0 saturated heterocycles. The van der Waals surface area contributed by atoms with Crippen molar-refractivity contribution in [3.8, 4) is 21.3 Å². The number of hydrogen-bond acceptors (Lipinski definition) is 10. The van der Waals surface area contributed by atoms with Crippen LogP contribution < -0.4 is 9.47 Å². The number of methoxy groups -OCH3 is 2. The van der Waals surface area contributed by atoms with Crippen LogP contribution in [-0.4, -0.2) is 42.1 Å². The summed E-state index contributed by atoms with van der Waals surface area (Å²) in [5.41, 5.74) is -10.1. The molecule has 6 aromatic rings. The number of ether oxygens (including phenoxy) is 2. The Bertz CT molecular complexity index is 2510. The standard InChI is InChI=1S/C38H32F6O8S6/c1-25-5-13-29(14-6-25)55(30-15-7-26(2)8-16-30,51-57(45,46)37(39,40)41)35-23-21-33(53-35)34-22-24-36(54-34)56(52-58(47,48)38(42,43)44,31-17-9-27(49-3)10-18-31)32-19-11-28(50-4)12-20-32/h5-24H,1-4H3. The largest absolute Gasteiger partial charge is 0.524 e. The van der Waals surface area contributed by atoms with Gasteiger partial charge in [-0.05, 0) is 132 Å². The van der Waals surface area contributed by atoms with Gasteiger partial charge in [0.15, 0.2) is 0 Å². The van der Waals surface area contributed by atoms with Crippen LogP contribution in [0.5, 0.6) is 11.5 Å². The van der Waals surface area contributed by atoms with Crippen molar-refractivity contribution in [3.05, 3.63) is 132 Å². The molecule has 58 heavy (non-hydrogen) atoms. The van der Waals surface area contributed by atoms with Gasteiger partial charge in [-0.15, -0.1) is 22.7 Å². The Labute approximate surface area is 342 Å². The Hall–Kier alpha value is -4.02. The van der Waals surface area contributed by atoms with Crippen molar-refractivity contribution in [1.82, 2.24) is 0 Å². The molecule has 0 fully saturated rings. The Balaban J connectivity index is 1.60. The van der Waals surface area contributed by atoms with Crippen molar-refractivity contribution in [2.75, 3.05) is 14.2 Å². The van der Waals surface area contributed by atoms with Crippen LogP contribution in [0.25, 0.3) is 9.75 Å². The molecule has 2 aromatic heterocycles. The first-order chi connectivity index (χ1) is 27.2. The van der Waals surface area contributed by atoms with Crippen molar-refractivity contribution < 1.29 is 59.9 Å². The lowest BCUT2D eigenvalue weighted by molar-refractivity contribution is -0.0501. The minimum Gasteiger partial charge on any atom is -0.497 e. The number of halogens is 6. The normalized spacial score (nSPS) is 13.6. The molecule has 0 aliphatic rings. The van der Waals surface area contributed by atoms with Gasteiger partial charge in [0.25, 0.3) is 0 Å². The van der Waals surface area contributed by atoms with Crippen LogP contribution >= 0.6 is 43.3 Å². The highest BCUT2D eigenvalue weighted by molar-refractivity contribution is 8.34. The van der Waals surface area contributed by atoms with E-state index in [1.165, 1.54) is 111 Å². The third-order valence-corrected chi connectivity index (χ3v) is 21.6. The van der Waals surface area contributed by atoms with E-state index >= 15 is 0 Å². The molecule has 2 heterocycles. The fourth-order valence-electron chi connectivity index (χ4n) is 5.52. The van der Waals surface area contributed by atoms with Gasteiger partial charge in [0.2, 0.25) is 0 Å². The lowest BCUT2D eigenvalue weighted by Crippen LogP contribution is -2.27. The molecule has 20 heteroatoms. The molecule has 0 spiro atoms. The number of benzene rings is 4. The third-order valence-electron chi connectivity index (χ3n) is 8.41. The van der Waals surface area contributed by atoms with Crippen LogP contribution in [0, 0.1) is 13.8 Å². The highest BCUT2D eigenvalue weighted by Gasteiger charge is 2.54. The maximum atomic E-state index is 14.2. The Morgan fingerprint density at radius 1 is 0.431 bits per heavy atom. The molecular weight excluding hydrogens is 891 g/mol. The Morgan fingerprint density at radius 3 is 0.966 bits per heavy atom. The predicted molar refractivity (Wildman–Crippen MR) is 213 cm³/mol. The first-order valence-corrected chi connectivity index (χ1v) is 24.1. The minimum atomic E-state index is -6.28. The number of thiophene rings is 2. The van der Waals surface area contributed by atoms with E-state index in [1.54, 1.807) is 38.1 Å². The smallest absolute Gasteiger partial charge is 0.497 e. The average molecular weight is 923 g/mol. The predicted octanol–water partition coefficient (Wildman–Crippen LogP) is 12.2. The first kappa shape index (κ1) is 43.6. The molecule has 0 N–H and O–H groups in total. The van der Waals surface area contributed by atoms with Gasteiger partial charge in [0.05, 0.1) is 22.6 Å². The Kier molecular flexibility index (Phi) is 12.2. The quantitative estimate of drug-likeness (QED) is 0.0833. The van der Waals surface area contributed by atoms with E-state index in [0.717, 1.165) is 33.8 Å². The zero-order chi connectivity index (χ0) is 42.3. The average Bonchev–Trinajstić information content (AvgIpc) is 3.88. The van der Waals surface area contributed by atoms with Gasteiger partial charge in [0.1, 0.15) is 11.5 Å². The maximum Gasteiger partial charge on any atom is 0.524 e. The van der Waals surface area contributed by atoms with Crippen LogP contribution in [0.3, 0.4) is 0 Å². The fraction of sp³-hybridized carbons (Fsp3) is 0.158. The Morgan fingerprint density at radius 2 is 0.707 bits per heavy atom. The summed E-state index contributed by atoms with van der Waals surface area (Å²) in [6.07, 6.45) is 0. The number of rotatable bonds is 13. The monoisotopic (exact) mass is 922 g/mol. The zero-order valence-corrected chi connectivity index (χ0v) is 35.4. The van der Waals surface area contributed by atoms with Crippen LogP contribution in [0.15, 0.2) is 149 Å². The van der Waals surface area contributed by atoms with Crippen LogP contribution in [0.4, 0.5) is 26.3 Å². The van der Waals surface area contributed by atoms with Crippen LogP contribution in [-0.2, 0) is 27.5 Å². The first-order valence-electron chi connectivity index (χ1n) is 16.5. The van der Waals surface area contributed by atoms with E-state index in [9.17, 15) is 43.2 Å². The summed E-state index contributed by atoms with van der Waals surface area (Å²) in [6, 6.07) is 29.7. The highest BCUT2D eigenvalue weighted by Crippen LogP contribution is 2.74. The van der Waals surface area contributed by atoms with E-state index < -0.39 is 51.9 Å². The van der Waals surface area contributed by atoms with Crippen molar-refractivity contribution in [2.45, 2.75) is 52.9 Å². The van der Waals surface area contributed by atoms with Crippen molar-refractivity contribution >= 4 is 63.5 Å². The maximum absolute atomic E-state index is 14.2. The van der Waals surface area contributed by atoms with Gasteiger partial charge in [-0.1, -0.05) is 35.4 Å². The SMILES string of the molecule is COc1ccc(S(OS(=O)(=O)C(F)(F)F)(c2ccc(OC)cc2)c2ccc(-c3ccc(S(OS(=O)(=O)C(F)(F)F)(c4ccc(C)cc4)c4ccc(C)cc4)s3)s2)cc1. The molecule has 0 saturated carbocycles. The van der Waals surface area contributed by atoms with Gasteiger partial charge >= 0.3 is 31.3 Å². The minimum absolute atomic E-state index is 0.0483. The molecule has 0 aliphatic heterocycles. The molecule has 0 unspecified atom stereocenters. The van der Waals surface area contributed by atoms with Crippen molar-refractivity contribution in [3.63, 3.8) is 0 Å². The summed E-state index contributed by atoms with van der Waals surface area (Å²) >= 11 is 1.80. The van der Waals surface area contributed by atoms with Gasteiger partial charge in [-0.25, -0.2) is 0 Å². The molecule has 0 atom stereocenters. The molecule has 0 bridgehead atoms. The number of hydrogen-bond donors (Lipinski definition) is 0. The van der Waals surface area contributed by atoms with Gasteiger partial charge in [-0.2, -0.15) is 50.4 Å². The number of aryl methyl sites for hydroxylation is 2. The van der Waals surface area contributed by atoms with E-state index in [0.29, 0.717) is 21.3 Å². The molecule has 8 nitrogen and oxygen atoms in total. The van der Waals surface area contributed by atoms with E-state index in [4.69, 9.17) is 16.7 Å². The van der Waals surface area contributed by atoms with Gasteiger partial charge in [-0.3, -0.25) is 0 Å². The molecule has 6 rings (SSSR count). The lowest BCUT2D eigenvalue weighted by atomic mass is 10.2. The fourth-order valence-corrected chi connectivity index (χ4v) is 18.8. The molecule has 310 valence electrons. The summed E-state index contributed by atoms with van der Waals surface area (Å²) in [5, 5.41) is 0. The summed E-state index contributed by atoms with van der Waals surface area (Å²) in [5.74, 6) is 0.651. The summed E-state index contributed by atoms with van der Waals surface area (Å²) < 4.78 is 158. The van der Waals surface area contributed by atoms with Gasteiger partial charge < -0.3 is 9.47 Å². The highest BCUT2D eigenvalue weighted by atomic mass is 32.3. The van der Waals surface area contributed by atoms with Crippen molar-refractivity contribution in [1.29, 1.82) is 0 Å². The molecule has 0 amide bonds. The lowest BCUT2D eigenvalue weighted by Gasteiger charge is -2.38. The van der Waals surface area contributed by atoms with Crippen LogP contribution in [0.2, 0.25) is 0 Å². The second-order valence-corrected chi connectivity index (χ2v) is 23.8. The topological polar surface area (TPSA) is 105 Å². The molecule has 0 aliphatic carbocycles. The molecule has 4 aromatic carbocycles. The summed E-state index contributed by atoms with van der Waals surface area (Å²) in [4.78, 5) is 1.09. The third kappa shape index (κ3) is 8.25. The second kappa shape index (κ2) is 16.2. The van der Waals surface area contributed by atoms with Crippen LogP contribution in [0.1, 0.15) is 11.1 Å². The summed E-state index contributed by atoms with van der Waals surface area (Å²) in [7, 11) is -17.2. The second-order valence-electron chi connectivity index (χ2n) is 12.3. The number of alkyl halides is 6. The van der Waals surface area contributed by atoms with Gasteiger partial charge in [0, 0.05) is 29.3 Å². The van der Waals surface area contributed by atoms with E-state index in [-0.39, 0.29) is 28.0 Å². The molecule has 0 radical (unpaired) electrons. The van der Waals surface area contributed by atoms with E-state index in [2.05, 4.69) is 0 Å². The van der Waals surface area contributed by atoms with E-state index in [1.807, 2.05) is 0 Å². The van der Waals surface area contributed by atoms with Crippen molar-refractivity contribution in [2.24, 2.45) is 0 Å².